The molecule has 32 heavy (non-hydrogen) atoms. The number of hydrogen-bond acceptors (Lipinski definition) is 8. The van der Waals surface area contributed by atoms with Gasteiger partial charge in [0.1, 0.15) is 15.3 Å². The molecule has 1 aromatic carbocycles. The number of thiophene rings is 1. The molecule has 5 rings (SSSR count). The van der Waals surface area contributed by atoms with Gasteiger partial charge in [-0.25, -0.2) is 9.97 Å². The fraction of sp³-hybridized carbons (Fsp3) is 0.304. The number of fused-ring (bicyclic) bond motifs is 3. The van der Waals surface area contributed by atoms with Crippen LogP contribution in [0.1, 0.15) is 23.2 Å². The molecule has 0 amide bonds. The van der Waals surface area contributed by atoms with Crippen LogP contribution >= 0.6 is 23.1 Å². The van der Waals surface area contributed by atoms with Gasteiger partial charge in [0, 0.05) is 23.8 Å². The van der Waals surface area contributed by atoms with Gasteiger partial charge >= 0.3 is 0 Å². The predicted octanol–water partition coefficient (Wildman–Crippen LogP) is 4.17. The van der Waals surface area contributed by atoms with Crippen LogP contribution in [0.5, 0.6) is 5.75 Å². The van der Waals surface area contributed by atoms with Crippen molar-refractivity contribution in [3.05, 3.63) is 58.5 Å². The number of pyridine rings is 1. The zero-order valence-electron chi connectivity index (χ0n) is 17.4. The minimum absolute atomic E-state index is 0.0175. The number of aromatic nitrogens is 3. The van der Waals surface area contributed by atoms with E-state index < -0.39 is 0 Å². The molecule has 1 atom stereocenters. The van der Waals surface area contributed by atoms with Gasteiger partial charge in [-0.15, -0.1) is 11.3 Å². The van der Waals surface area contributed by atoms with Gasteiger partial charge in [-0.1, -0.05) is 11.8 Å². The van der Waals surface area contributed by atoms with E-state index in [4.69, 9.17) is 14.5 Å². The number of methoxy groups -OCH3 is 1. The van der Waals surface area contributed by atoms with Crippen LogP contribution in [-0.4, -0.2) is 45.9 Å². The Bertz CT molecular complexity index is 1340. The lowest BCUT2D eigenvalue weighted by molar-refractivity contribution is 0.0938. The molecule has 3 aromatic heterocycles. The summed E-state index contributed by atoms with van der Waals surface area (Å²) < 4.78 is 13.2. The summed E-state index contributed by atoms with van der Waals surface area (Å²) in [6, 6.07) is 10.8. The smallest absolute Gasteiger partial charge is 0.272 e. The number of thioether (sulfide) groups is 1. The third kappa shape index (κ3) is 4.03. The largest absolute Gasteiger partial charge is 0.497 e. The standard InChI is InChI=1S/C23H21N3O4S2/c1-29-15-8-6-14(7-9-15)18(27)13-31-23-25-19-17-5-2-10-24-21(17)32-20(19)22(28)26(23)12-16-4-3-11-30-16/h2,5-10,16H,3-4,11-13H2,1H3/t16-/m1/s1. The van der Waals surface area contributed by atoms with Gasteiger partial charge in [0.15, 0.2) is 10.9 Å². The summed E-state index contributed by atoms with van der Waals surface area (Å²) in [7, 11) is 1.59. The average Bonchev–Trinajstić information content (AvgIpc) is 3.47. The van der Waals surface area contributed by atoms with E-state index in [9.17, 15) is 9.59 Å². The van der Waals surface area contributed by atoms with E-state index in [1.54, 1.807) is 42.1 Å². The Morgan fingerprint density at radius 1 is 1.31 bits per heavy atom. The normalized spacial score (nSPS) is 16.1. The molecule has 4 aromatic rings. The Morgan fingerprint density at radius 2 is 2.16 bits per heavy atom. The minimum Gasteiger partial charge on any atom is -0.497 e. The van der Waals surface area contributed by atoms with Gasteiger partial charge in [0.25, 0.3) is 5.56 Å². The number of rotatable bonds is 7. The second-order valence-electron chi connectivity index (χ2n) is 7.52. The van der Waals surface area contributed by atoms with Crippen LogP contribution in [0.2, 0.25) is 0 Å². The van der Waals surface area contributed by atoms with Crippen molar-refractivity contribution in [2.75, 3.05) is 19.5 Å². The van der Waals surface area contributed by atoms with Crippen molar-refractivity contribution in [1.29, 1.82) is 0 Å². The van der Waals surface area contributed by atoms with Crippen molar-refractivity contribution in [3.8, 4) is 5.75 Å². The SMILES string of the molecule is COc1ccc(C(=O)CSc2nc3c(sc4ncccc43)c(=O)n2C[C@H]2CCCO2)cc1. The lowest BCUT2D eigenvalue weighted by Crippen LogP contribution is -2.28. The summed E-state index contributed by atoms with van der Waals surface area (Å²) in [5.74, 6) is 0.841. The molecule has 7 nitrogen and oxygen atoms in total. The van der Waals surface area contributed by atoms with Crippen molar-refractivity contribution in [2.24, 2.45) is 0 Å². The first-order valence-electron chi connectivity index (χ1n) is 10.3. The summed E-state index contributed by atoms with van der Waals surface area (Å²) in [6.07, 6.45) is 3.59. The molecule has 0 unspecified atom stereocenters. The molecule has 0 aliphatic carbocycles. The van der Waals surface area contributed by atoms with E-state index in [0.717, 1.165) is 23.1 Å². The van der Waals surface area contributed by atoms with E-state index in [1.165, 1.54) is 23.1 Å². The molecule has 1 aliphatic rings. The Kier molecular flexibility index (Phi) is 5.95. The molecule has 164 valence electrons. The maximum atomic E-state index is 13.4. The number of carbonyl (C=O) groups excluding carboxylic acids is 1. The summed E-state index contributed by atoms with van der Waals surface area (Å²) in [4.78, 5) is 36.2. The lowest BCUT2D eigenvalue weighted by atomic mass is 10.1. The Labute approximate surface area is 192 Å². The molecule has 0 bridgehead atoms. The highest BCUT2D eigenvalue weighted by molar-refractivity contribution is 7.99. The van der Waals surface area contributed by atoms with E-state index in [0.29, 0.717) is 39.8 Å². The average molecular weight is 468 g/mol. The van der Waals surface area contributed by atoms with Crippen LogP contribution < -0.4 is 10.3 Å². The van der Waals surface area contributed by atoms with E-state index in [2.05, 4.69) is 4.98 Å². The second-order valence-corrected chi connectivity index (χ2v) is 9.46. The van der Waals surface area contributed by atoms with Crippen LogP contribution in [-0.2, 0) is 11.3 Å². The zero-order valence-corrected chi connectivity index (χ0v) is 19.1. The Balaban J connectivity index is 1.50. The molecule has 9 heteroatoms. The minimum atomic E-state index is -0.104. The van der Waals surface area contributed by atoms with Gasteiger partial charge in [0.05, 0.1) is 31.0 Å². The van der Waals surface area contributed by atoms with E-state index >= 15 is 0 Å². The molecule has 0 spiro atoms. The quantitative estimate of drug-likeness (QED) is 0.229. The van der Waals surface area contributed by atoms with Gasteiger partial charge < -0.3 is 9.47 Å². The van der Waals surface area contributed by atoms with Crippen LogP contribution in [0.15, 0.2) is 52.5 Å². The molecule has 1 saturated heterocycles. The number of ketones is 1. The number of carbonyl (C=O) groups is 1. The van der Waals surface area contributed by atoms with Crippen molar-refractivity contribution in [3.63, 3.8) is 0 Å². The fourth-order valence-electron chi connectivity index (χ4n) is 3.79. The predicted molar refractivity (Wildman–Crippen MR) is 126 cm³/mol. The summed E-state index contributed by atoms with van der Waals surface area (Å²) >= 11 is 2.64. The molecule has 0 radical (unpaired) electrons. The highest BCUT2D eigenvalue weighted by Crippen LogP contribution is 2.31. The third-order valence-corrected chi connectivity index (χ3v) is 7.54. The van der Waals surface area contributed by atoms with Gasteiger partial charge in [-0.05, 0) is 49.2 Å². The lowest BCUT2D eigenvalue weighted by Gasteiger charge is -2.15. The maximum absolute atomic E-state index is 13.4. The molecule has 0 saturated carbocycles. The van der Waals surface area contributed by atoms with Crippen molar-refractivity contribution < 1.29 is 14.3 Å². The van der Waals surface area contributed by atoms with Crippen molar-refractivity contribution in [1.82, 2.24) is 14.5 Å². The Hall–Kier alpha value is -2.75. The van der Waals surface area contributed by atoms with Gasteiger partial charge in [0.2, 0.25) is 0 Å². The highest BCUT2D eigenvalue weighted by Gasteiger charge is 2.22. The number of ether oxygens (including phenoxy) is 2. The number of nitrogens with zero attached hydrogens (tertiary/aromatic N) is 3. The summed E-state index contributed by atoms with van der Waals surface area (Å²) in [5, 5.41) is 1.39. The van der Waals surface area contributed by atoms with Gasteiger partial charge in [-0.3, -0.25) is 14.2 Å². The first kappa shape index (κ1) is 21.1. The fourth-order valence-corrected chi connectivity index (χ4v) is 5.72. The van der Waals surface area contributed by atoms with E-state index in [-0.39, 0.29) is 23.2 Å². The van der Waals surface area contributed by atoms with Crippen molar-refractivity contribution >= 4 is 49.3 Å². The van der Waals surface area contributed by atoms with Crippen LogP contribution in [0.25, 0.3) is 20.4 Å². The van der Waals surface area contributed by atoms with Crippen LogP contribution in [0.4, 0.5) is 0 Å². The Morgan fingerprint density at radius 3 is 2.91 bits per heavy atom. The van der Waals surface area contributed by atoms with E-state index in [1.807, 2.05) is 12.1 Å². The monoisotopic (exact) mass is 467 g/mol. The highest BCUT2D eigenvalue weighted by atomic mass is 32.2. The van der Waals surface area contributed by atoms with Crippen molar-refractivity contribution in [2.45, 2.75) is 30.6 Å². The van der Waals surface area contributed by atoms with Crippen LogP contribution in [0.3, 0.4) is 0 Å². The number of benzene rings is 1. The number of hydrogen-bond donors (Lipinski definition) is 0. The summed E-state index contributed by atoms with van der Waals surface area (Å²) in [5.41, 5.74) is 1.14. The molecule has 1 fully saturated rings. The molecule has 1 aliphatic heterocycles. The summed E-state index contributed by atoms with van der Waals surface area (Å²) in [6.45, 7) is 1.14. The molecular formula is C23H21N3O4S2. The number of Topliss-reactive ketones (excluding diaryl/α,β-unsaturated/α-hetero) is 1. The zero-order chi connectivity index (χ0) is 22.1. The first-order valence-corrected chi connectivity index (χ1v) is 12.1. The maximum Gasteiger partial charge on any atom is 0.272 e. The molecular weight excluding hydrogens is 446 g/mol. The van der Waals surface area contributed by atoms with Crippen LogP contribution in [0, 0.1) is 0 Å². The second kappa shape index (κ2) is 9.01. The molecule has 0 N–H and O–H groups in total. The molecule has 4 heterocycles. The topological polar surface area (TPSA) is 83.3 Å². The third-order valence-electron chi connectivity index (χ3n) is 5.47. The first-order chi connectivity index (χ1) is 15.6. The van der Waals surface area contributed by atoms with Gasteiger partial charge in [-0.2, -0.15) is 0 Å².